The molecule has 0 amide bonds. The van der Waals surface area contributed by atoms with Crippen molar-refractivity contribution in [2.75, 3.05) is 0 Å². The van der Waals surface area contributed by atoms with Crippen LogP contribution in [0.15, 0.2) is 15.4 Å². The smallest absolute Gasteiger partial charge is 0.0186 e. The third-order valence-corrected chi connectivity index (χ3v) is 0.655. The van der Waals surface area contributed by atoms with Gasteiger partial charge in [0.15, 0.2) is 0 Å². The lowest BCUT2D eigenvalue weighted by Crippen LogP contribution is -1.48. The largest absolute Gasteiger partial charge is 0.116 e. The van der Waals surface area contributed by atoms with Crippen molar-refractivity contribution in [2.24, 2.45) is 0 Å². The molecule has 0 radical (unpaired) electrons. The molecule has 0 rings (SSSR count). The van der Waals surface area contributed by atoms with Crippen molar-refractivity contribution in [1.82, 2.24) is 0 Å². The summed E-state index contributed by atoms with van der Waals surface area (Å²) >= 11 is 2.15. The predicted octanol–water partition coefficient (Wildman–Crippen LogP) is 2.50. The number of hydrogen-bond donors (Lipinski definition) is 0. The van der Waals surface area contributed by atoms with Gasteiger partial charge in [-0.2, -0.15) is 0 Å². The van der Waals surface area contributed by atoms with Crippen molar-refractivity contribution in [2.45, 2.75) is 13.8 Å². The zero-order chi connectivity index (χ0) is 4.99. The molecule has 0 bridgehead atoms. The van der Waals surface area contributed by atoms with E-state index in [1.807, 2.05) is 17.9 Å². The maximum atomic E-state index is 2.99. The van der Waals surface area contributed by atoms with Gasteiger partial charge in [0.25, 0.3) is 0 Å². The van der Waals surface area contributed by atoms with Gasteiger partial charge in [0, 0.05) is 4.08 Å². The van der Waals surface area contributed by atoms with Gasteiger partial charge in [-0.15, -0.1) is 5.73 Å². The van der Waals surface area contributed by atoms with Crippen LogP contribution in [0.1, 0.15) is 13.8 Å². The predicted molar refractivity (Wildman–Crippen MR) is 37.0 cm³/mol. The number of hydrogen-bond acceptors (Lipinski definition) is 0. The molecule has 0 aliphatic heterocycles. The van der Waals surface area contributed by atoms with Crippen molar-refractivity contribution in [3.05, 3.63) is 15.4 Å². The molecule has 0 saturated carbocycles. The summed E-state index contributed by atoms with van der Waals surface area (Å²) < 4.78 is 1.88. The van der Waals surface area contributed by atoms with Crippen LogP contribution in [0.25, 0.3) is 0 Å². The topological polar surface area (TPSA) is 0 Å². The average Bonchev–Trinajstić information content (AvgIpc) is 1.35. The summed E-state index contributed by atoms with van der Waals surface area (Å²) in [5.41, 5.74) is 4.21. The minimum Gasteiger partial charge on any atom is -0.116 e. The van der Waals surface area contributed by atoms with E-state index in [1.54, 1.807) is 0 Å². The van der Waals surface area contributed by atoms with E-state index in [0.717, 1.165) is 0 Å². The third kappa shape index (κ3) is 4.25. The summed E-state index contributed by atoms with van der Waals surface area (Å²) in [6.45, 7) is 4.05. The molecule has 0 aromatic rings. The van der Waals surface area contributed by atoms with Crippen molar-refractivity contribution in [1.29, 1.82) is 0 Å². The molecular formula is C5H7I. The van der Waals surface area contributed by atoms with Crippen LogP contribution in [-0.2, 0) is 0 Å². The Bertz CT molecular complexity index is 82.1. The molecule has 0 aromatic carbocycles. The van der Waals surface area contributed by atoms with Crippen LogP contribution in [0.5, 0.6) is 0 Å². The summed E-state index contributed by atoms with van der Waals surface area (Å²) in [4.78, 5) is 0. The fourth-order valence-electron chi connectivity index (χ4n) is 0.109. The third-order valence-electron chi connectivity index (χ3n) is 0.343. The molecule has 0 fully saturated rings. The van der Waals surface area contributed by atoms with Crippen molar-refractivity contribution in [3.63, 3.8) is 0 Å². The fraction of sp³-hybridized carbons (Fsp3) is 0.400. The van der Waals surface area contributed by atoms with Gasteiger partial charge < -0.3 is 0 Å². The Morgan fingerprint density at radius 1 is 1.67 bits per heavy atom. The summed E-state index contributed by atoms with van der Waals surface area (Å²) in [5, 5.41) is 0. The summed E-state index contributed by atoms with van der Waals surface area (Å²) in [6.07, 6.45) is 0. The van der Waals surface area contributed by atoms with Crippen LogP contribution >= 0.6 is 22.6 Å². The highest BCUT2D eigenvalue weighted by Crippen LogP contribution is 1.86. The van der Waals surface area contributed by atoms with Gasteiger partial charge in [-0.05, 0) is 42.0 Å². The zero-order valence-electron chi connectivity index (χ0n) is 3.96. The highest BCUT2D eigenvalue weighted by molar-refractivity contribution is 14.1. The Kier molecular flexibility index (Phi) is 3.58. The van der Waals surface area contributed by atoms with E-state index in [2.05, 4.69) is 28.3 Å². The van der Waals surface area contributed by atoms with Crippen LogP contribution in [0.4, 0.5) is 0 Å². The average molecular weight is 194 g/mol. The standard InChI is InChI=1S/C5H7I/c1-5(2)3-4-6/h4H,1-2H3. The van der Waals surface area contributed by atoms with Gasteiger partial charge in [-0.3, -0.25) is 0 Å². The van der Waals surface area contributed by atoms with E-state index in [9.17, 15) is 0 Å². The van der Waals surface area contributed by atoms with E-state index < -0.39 is 0 Å². The van der Waals surface area contributed by atoms with Crippen LogP contribution in [-0.4, -0.2) is 0 Å². The van der Waals surface area contributed by atoms with Gasteiger partial charge in [-0.25, -0.2) is 0 Å². The zero-order valence-corrected chi connectivity index (χ0v) is 6.11. The molecule has 1 heteroatoms. The minimum atomic E-state index is 1.23. The second-order valence-electron chi connectivity index (χ2n) is 1.25. The first kappa shape index (κ1) is 6.25. The van der Waals surface area contributed by atoms with Crippen LogP contribution in [0.2, 0.25) is 0 Å². The molecule has 0 heterocycles. The molecular weight excluding hydrogens is 187 g/mol. The van der Waals surface area contributed by atoms with Crippen LogP contribution in [0, 0.1) is 0 Å². The summed E-state index contributed by atoms with van der Waals surface area (Å²) in [5.74, 6) is 0. The lowest BCUT2D eigenvalue weighted by Gasteiger charge is -1.69. The van der Waals surface area contributed by atoms with E-state index in [4.69, 9.17) is 0 Å². The highest BCUT2D eigenvalue weighted by atomic mass is 127. The lowest BCUT2D eigenvalue weighted by atomic mass is 10.4. The number of rotatable bonds is 0. The van der Waals surface area contributed by atoms with Gasteiger partial charge in [-0.1, -0.05) is 0 Å². The molecule has 0 atom stereocenters. The first-order valence-corrected chi connectivity index (χ1v) is 3.00. The molecule has 0 aliphatic rings. The fourth-order valence-corrected chi connectivity index (χ4v) is 0.732. The maximum absolute atomic E-state index is 2.99. The molecule has 0 spiro atoms. The van der Waals surface area contributed by atoms with E-state index in [1.165, 1.54) is 5.57 Å². The quantitative estimate of drug-likeness (QED) is 0.410. The van der Waals surface area contributed by atoms with Crippen LogP contribution in [0.3, 0.4) is 0 Å². The molecule has 0 nitrogen and oxygen atoms in total. The van der Waals surface area contributed by atoms with Gasteiger partial charge in [0.05, 0.1) is 0 Å². The Hall–Kier alpha value is 0.250. The Morgan fingerprint density at radius 2 is 2.17 bits per heavy atom. The van der Waals surface area contributed by atoms with Crippen molar-refractivity contribution < 1.29 is 0 Å². The summed E-state index contributed by atoms with van der Waals surface area (Å²) in [7, 11) is 0. The van der Waals surface area contributed by atoms with Crippen molar-refractivity contribution in [3.8, 4) is 0 Å². The van der Waals surface area contributed by atoms with Gasteiger partial charge in [0.1, 0.15) is 0 Å². The second kappa shape index (κ2) is 3.44. The van der Waals surface area contributed by atoms with Crippen molar-refractivity contribution >= 4 is 22.6 Å². The van der Waals surface area contributed by atoms with Gasteiger partial charge in [0.2, 0.25) is 0 Å². The summed E-state index contributed by atoms with van der Waals surface area (Å²) in [6, 6.07) is 0. The Balaban J connectivity index is 3.73. The van der Waals surface area contributed by atoms with Gasteiger partial charge >= 0.3 is 0 Å². The first-order valence-electron chi connectivity index (χ1n) is 1.76. The second-order valence-corrected chi connectivity index (χ2v) is 1.88. The monoisotopic (exact) mass is 194 g/mol. The molecule has 6 heavy (non-hydrogen) atoms. The molecule has 0 aliphatic carbocycles. The van der Waals surface area contributed by atoms with E-state index >= 15 is 0 Å². The van der Waals surface area contributed by atoms with E-state index in [-0.39, 0.29) is 0 Å². The molecule has 0 unspecified atom stereocenters. The Morgan fingerprint density at radius 3 is 2.17 bits per heavy atom. The normalized spacial score (nSPS) is 6.50. The number of halogens is 1. The molecule has 0 saturated heterocycles. The first-order chi connectivity index (χ1) is 2.77. The minimum absolute atomic E-state index is 1.23. The molecule has 0 aromatic heterocycles. The highest BCUT2D eigenvalue weighted by Gasteiger charge is 1.60. The maximum Gasteiger partial charge on any atom is 0.0186 e. The Labute approximate surface area is 52.1 Å². The number of allylic oxidation sites excluding steroid dienone is 1. The molecule has 34 valence electrons. The lowest BCUT2D eigenvalue weighted by molar-refractivity contribution is 1.41. The molecule has 0 N–H and O–H groups in total. The SMILES string of the molecule is CC(C)=C=CI. The van der Waals surface area contributed by atoms with E-state index in [0.29, 0.717) is 0 Å². The van der Waals surface area contributed by atoms with Crippen LogP contribution < -0.4 is 0 Å².